The smallest absolute Gasteiger partial charge is 0.280 e. The normalized spacial score (nSPS) is 10.1. The molecule has 6 heteroatoms. The van der Waals surface area contributed by atoms with Crippen molar-refractivity contribution in [2.24, 2.45) is 0 Å². The average Bonchev–Trinajstić information content (AvgIpc) is 2.26. The molecule has 0 N–H and O–H groups in total. The molecule has 0 fully saturated rings. The standard InChI is InChI=1S/C9H5ClF2N2O/c10-2-7-5(4-15)1-6(3-13)14-8(7)9(11)12/h1,4,9H,2H2. The molecular formula is C9H5ClF2N2O. The lowest BCUT2D eigenvalue weighted by atomic mass is 10.1. The van der Waals surface area contributed by atoms with Crippen molar-refractivity contribution in [1.29, 1.82) is 5.26 Å². The highest BCUT2D eigenvalue weighted by atomic mass is 35.5. The van der Waals surface area contributed by atoms with Gasteiger partial charge in [0.2, 0.25) is 0 Å². The highest BCUT2D eigenvalue weighted by molar-refractivity contribution is 6.17. The molecule has 0 spiro atoms. The van der Waals surface area contributed by atoms with Gasteiger partial charge in [0.05, 0.1) is 5.88 Å². The first-order chi connectivity index (χ1) is 7.13. The largest absolute Gasteiger partial charge is 0.298 e. The van der Waals surface area contributed by atoms with E-state index in [9.17, 15) is 13.6 Å². The van der Waals surface area contributed by atoms with Crippen LogP contribution in [0.4, 0.5) is 8.78 Å². The molecular weight excluding hydrogens is 226 g/mol. The second-order valence-corrected chi connectivity index (χ2v) is 2.89. The number of hydrogen-bond donors (Lipinski definition) is 0. The summed E-state index contributed by atoms with van der Waals surface area (Å²) in [5.74, 6) is -0.244. The number of rotatable bonds is 3. The molecule has 0 unspecified atom stereocenters. The monoisotopic (exact) mass is 230 g/mol. The van der Waals surface area contributed by atoms with E-state index in [2.05, 4.69) is 4.98 Å². The van der Waals surface area contributed by atoms with Crippen LogP contribution < -0.4 is 0 Å². The fraction of sp³-hybridized carbons (Fsp3) is 0.222. The van der Waals surface area contributed by atoms with Gasteiger partial charge in [0.15, 0.2) is 6.29 Å². The maximum Gasteiger partial charge on any atom is 0.280 e. The number of pyridine rings is 1. The first kappa shape index (κ1) is 11.5. The van der Waals surface area contributed by atoms with Gasteiger partial charge in [-0.2, -0.15) is 5.26 Å². The minimum atomic E-state index is -2.86. The molecule has 0 atom stereocenters. The summed E-state index contributed by atoms with van der Waals surface area (Å²) in [5, 5.41) is 8.52. The third kappa shape index (κ3) is 2.28. The molecule has 0 radical (unpaired) electrons. The maximum atomic E-state index is 12.5. The number of alkyl halides is 3. The van der Waals surface area contributed by atoms with Crippen molar-refractivity contribution in [3.05, 3.63) is 28.6 Å². The van der Waals surface area contributed by atoms with Crippen LogP contribution in [0.15, 0.2) is 6.07 Å². The van der Waals surface area contributed by atoms with E-state index in [0.717, 1.165) is 6.07 Å². The second kappa shape index (κ2) is 4.80. The van der Waals surface area contributed by atoms with Gasteiger partial charge in [-0.3, -0.25) is 4.79 Å². The fourth-order valence-electron chi connectivity index (χ4n) is 1.10. The third-order valence-corrected chi connectivity index (χ3v) is 2.04. The molecule has 1 rings (SSSR count). The van der Waals surface area contributed by atoms with Crippen LogP contribution in [0.1, 0.15) is 33.7 Å². The Hall–Kier alpha value is -1.54. The molecule has 1 heterocycles. The molecule has 78 valence electrons. The van der Waals surface area contributed by atoms with E-state index in [-0.39, 0.29) is 22.7 Å². The number of aldehydes is 1. The Morgan fingerprint density at radius 1 is 1.67 bits per heavy atom. The first-order valence-electron chi connectivity index (χ1n) is 3.87. The second-order valence-electron chi connectivity index (χ2n) is 2.62. The van der Waals surface area contributed by atoms with Gasteiger partial charge in [-0.05, 0) is 6.07 Å². The van der Waals surface area contributed by atoms with Gasteiger partial charge < -0.3 is 0 Å². The van der Waals surface area contributed by atoms with Gasteiger partial charge in [-0.25, -0.2) is 13.8 Å². The zero-order chi connectivity index (χ0) is 11.4. The van der Waals surface area contributed by atoms with E-state index in [1.54, 1.807) is 6.07 Å². The predicted molar refractivity (Wildman–Crippen MR) is 48.9 cm³/mol. The molecule has 1 aromatic rings. The van der Waals surface area contributed by atoms with Crippen LogP contribution in [0.2, 0.25) is 0 Å². The summed E-state index contributed by atoms with van der Waals surface area (Å²) in [6, 6.07) is 2.74. The number of hydrogen-bond acceptors (Lipinski definition) is 3. The van der Waals surface area contributed by atoms with Crippen molar-refractivity contribution in [3.63, 3.8) is 0 Å². The summed E-state index contributed by atoms with van der Waals surface area (Å²) >= 11 is 5.44. The summed E-state index contributed by atoms with van der Waals surface area (Å²) in [6.07, 6.45) is -2.47. The minimum Gasteiger partial charge on any atom is -0.298 e. The summed E-state index contributed by atoms with van der Waals surface area (Å²) in [4.78, 5) is 14.0. The number of nitrogens with zero attached hydrogens (tertiary/aromatic N) is 2. The van der Waals surface area contributed by atoms with E-state index < -0.39 is 12.1 Å². The van der Waals surface area contributed by atoms with E-state index in [1.807, 2.05) is 0 Å². The predicted octanol–water partition coefficient (Wildman–Crippen LogP) is 2.44. The fourth-order valence-corrected chi connectivity index (χ4v) is 1.39. The molecule has 3 nitrogen and oxygen atoms in total. The van der Waals surface area contributed by atoms with Crippen molar-refractivity contribution < 1.29 is 13.6 Å². The van der Waals surface area contributed by atoms with Crippen molar-refractivity contribution >= 4 is 17.9 Å². The van der Waals surface area contributed by atoms with Gasteiger partial charge in [0, 0.05) is 11.1 Å². The van der Waals surface area contributed by atoms with Crippen LogP contribution in [-0.2, 0) is 5.88 Å². The number of aromatic nitrogens is 1. The lowest BCUT2D eigenvalue weighted by Gasteiger charge is -2.07. The Bertz CT molecular complexity index is 429. The molecule has 1 aromatic heterocycles. The first-order valence-corrected chi connectivity index (χ1v) is 4.40. The topological polar surface area (TPSA) is 53.8 Å². The van der Waals surface area contributed by atoms with E-state index in [1.165, 1.54) is 0 Å². The highest BCUT2D eigenvalue weighted by Crippen LogP contribution is 2.25. The Labute approximate surface area is 89.3 Å². The summed E-state index contributed by atoms with van der Waals surface area (Å²) in [5.41, 5.74) is -0.875. The number of carbonyl (C=O) groups excluding carboxylic acids is 1. The number of halogens is 3. The van der Waals surface area contributed by atoms with Crippen LogP contribution >= 0.6 is 11.6 Å². The molecule has 0 aromatic carbocycles. The molecule has 15 heavy (non-hydrogen) atoms. The molecule has 0 saturated carbocycles. The summed E-state index contributed by atoms with van der Waals surface area (Å²) in [7, 11) is 0. The lowest BCUT2D eigenvalue weighted by Crippen LogP contribution is -2.03. The van der Waals surface area contributed by atoms with Crippen molar-refractivity contribution in [3.8, 4) is 6.07 Å². The van der Waals surface area contributed by atoms with Crippen LogP contribution in [0, 0.1) is 11.3 Å². The van der Waals surface area contributed by atoms with Gasteiger partial charge in [0.1, 0.15) is 17.5 Å². The third-order valence-electron chi connectivity index (χ3n) is 1.77. The van der Waals surface area contributed by atoms with Gasteiger partial charge >= 0.3 is 0 Å². The van der Waals surface area contributed by atoms with E-state index in [4.69, 9.17) is 16.9 Å². The minimum absolute atomic E-state index is 0.0214. The Kier molecular flexibility index (Phi) is 3.69. The van der Waals surface area contributed by atoms with Crippen LogP contribution in [-0.4, -0.2) is 11.3 Å². The molecule has 0 bridgehead atoms. The molecule has 0 saturated heterocycles. The zero-order valence-electron chi connectivity index (χ0n) is 7.38. The van der Waals surface area contributed by atoms with E-state index >= 15 is 0 Å². The van der Waals surface area contributed by atoms with Crippen molar-refractivity contribution in [2.75, 3.05) is 0 Å². The Morgan fingerprint density at radius 2 is 2.33 bits per heavy atom. The number of carbonyl (C=O) groups is 1. The van der Waals surface area contributed by atoms with Gasteiger partial charge in [-0.15, -0.1) is 11.6 Å². The summed E-state index contributed by atoms with van der Waals surface area (Å²) in [6.45, 7) is 0. The Morgan fingerprint density at radius 3 is 2.73 bits per heavy atom. The van der Waals surface area contributed by atoms with Gasteiger partial charge in [0.25, 0.3) is 6.43 Å². The number of nitriles is 1. The SMILES string of the molecule is N#Cc1cc(C=O)c(CCl)c(C(F)F)n1. The van der Waals surface area contributed by atoms with E-state index in [0.29, 0.717) is 6.29 Å². The Balaban J connectivity index is 3.47. The molecule has 0 aliphatic rings. The lowest BCUT2D eigenvalue weighted by molar-refractivity contribution is 0.112. The molecule has 0 aliphatic heterocycles. The van der Waals surface area contributed by atoms with Crippen molar-refractivity contribution in [2.45, 2.75) is 12.3 Å². The van der Waals surface area contributed by atoms with Crippen molar-refractivity contribution in [1.82, 2.24) is 4.98 Å². The summed E-state index contributed by atoms with van der Waals surface area (Å²) < 4.78 is 25.0. The quantitative estimate of drug-likeness (QED) is 0.592. The maximum absolute atomic E-state index is 12.5. The van der Waals surface area contributed by atoms with Gasteiger partial charge in [-0.1, -0.05) is 0 Å². The average molecular weight is 231 g/mol. The van der Waals surface area contributed by atoms with Crippen LogP contribution in [0.5, 0.6) is 0 Å². The highest BCUT2D eigenvalue weighted by Gasteiger charge is 2.18. The molecule has 0 aliphatic carbocycles. The zero-order valence-corrected chi connectivity index (χ0v) is 8.13. The molecule has 0 amide bonds. The van der Waals surface area contributed by atoms with Crippen LogP contribution in [0.3, 0.4) is 0 Å². The van der Waals surface area contributed by atoms with Crippen LogP contribution in [0.25, 0.3) is 0 Å².